The summed E-state index contributed by atoms with van der Waals surface area (Å²) in [6, 6.07) is 5.07. The number of nitrogens with zero attached hydrogens (tertiary/aromatic N) is 1. The van der Waals surface area contributed by atoms with E-state index in [1.165, 1.54) is 0 Å². The molecule has 1 N–H and O–H groups in total. The van der Waals surface area contributed by atoms with Gasteiger partial charge in [-0.05, 0) is 48.9 Å². The summed E-state index contributed by atoms with van der Waals surface area (Å²) in [7, 11) is -3.47. The molecule has 1 amide bonds. The molecule has 120 valence electrons. The van der Waals surface area contributed by atoms with Crippen LogP contribution >= 0.6 is 0 Å². The SMILES string of the molecule is CC(C)CNS(=O)(=O)c1ccc2c(c1)CCN2C(=O)C1CC1. The maximum Gasteiger partial charge on any atom is 0.240 e. The van der Waals surface area contributed by atoms with Crippen molar-refractivity contribution >= 4 is 21.6 Å². The first-order chi connectivity index (χ1) is 10.4. The van der Waals surface area contributed by atoms with Gasteiger partial charge in [-0.3, -0.25) is 4.79 Å². The number of fused-ring (bicyclic) bond motifs is 1. The van der Waals surface area contributed by atoms with Crippen molar-refractivity contribution in [3.8, 4) is 0 Å². The van der Waals surface area contributed by atoms with E-state index in [0.29, 0.717) is 13.1 Å². The van der Waals surface area contributed by atoms with Crippen molar-refractivity contribution in [3.63, 3.8) is 0 Å². The normalized spacial score (nSPS) is 17.9. The topological polar surface area (TPSA) is 66.5 Å². The summed E-state index contributed by atoms with van der Waals surface area (Å²) in [5.41, 5.74) is 1.82. The average molecular weight is 322 g/mol. The minimum absolute atomic E-state index is 0.182. The van der Waals surface area contributed by atoms with Crippen LogP contribution in [0.4, 0.5) is 5.69 Å². The standard InChI is InChI=1S/C16H22N2O3S/c1-11(2)10-17-22(20,21)14-5-6-15-13(9-14)7-8-18(15)16(19)12-3-4-12/h5-6,9,11-12,17H,3-4,7-8,10H2,1-2H3. The smallest absolute Gasteiger partial charge is 0.240 e. The van der Waals surface area contributed by atoms with Crippen LogP contribution < -0.4 is 9.62 Å². The second-order valence-corrected chi connectivity index (χ2v) is 8.32. The van der Waals surface area contributed by atoms with E-state index in [-0.39, 0.29) is 22.6 Å². The fourth-order valence-corrected chi connectivity index (χ4v) is 3.95. The highest BCUT2D eigenvalue weighted by Crippen LogP contribution is 2.37. The number of hydrogen-bond donors (Lipinski definition) is 1. The quantitative estimate of drug-likeness (QED) is 0.900. The third kappa shape index (κ3) is 3.03. The van der Waals surface area contributed by atoms with Gasteiger partial charge in [0.2, 0.25) is 15.9 Å². The Balaban J connectivity index is 1.81. The van der Waals surface area contributed by atoms with E-state index in [9.17, 15) is 13.2 Å². The number of carbonyl (C=O) groups is 1. The van der Waals surface area contributed by atoms with E-state index < -0.39 is 10.0 Å². The van der Waals surface area contributed by atoms with E-state index >= 15 is 0 Å². The van der Waals surface area contributed by atoms with Crippen LogP contribution in [0.25, 0.3) is 0 Å². The molecule has 1 heterocycles. The molecule has 1 aromatic rings. The summed E-state index contributed by atoms with van der Waals surface area (Å²) in [5, 5.41) is 0. The zero-order valence-corrected chi connectivity index (χ0v) is 13.8. The zero-order valence-electron chi connectivity index (χ0n) is 13.0. The zero-order chi connectivity index (χ0) is 15.9. The Labute approximate surface area is 131 Å². The average Bonchev–Trinajstić information content (AvgIpc) is 3.23. The van der Waals surface area contributed by atoms with Crippen LogP contribution in [0, 0.1) is 11.8 Å². The molecule has 0 unspecified atom stereocenters. The Hall–Kier alpha value is -1.40. The summed E-state index contributed by atoms with van der Waals surface area (Å²) in [4.78, 5) is 14.3. The Morgan fingerprint density at radius 3 is 2.73 bits per heavy atom. The Morgan fingerprint density at radius 1 is 1.36 bits per heavy atom. The molecule has 0 radical (unpaired) electrons. The van der Waals surface area contributed by atoms with Crippen molar-refractivity contribution in [1.29, 1.82) is 0 Å². The van der Waals surface area contributed by atoms with Gasteiger partial charge in [-0.1, -0.05) is 13.8 Å². The number of anilines is 1. The van der Waals surface area contributed by atoms with E-state index in [2.05, 4.69) is 4.72 Å². The van der Waals surface area contributed by atoms with Crippen LogP contribution in [-0.2, 0) is 21.2 Å². The number of rotatable bonds is 5. The van der Waals surface area contributed by atoms with Crippen LogP contribution in [-0.4, -0.2) is 27.4 Å². The van der Waals surface area contributed by atoms with Gasteiger partial charge in [0.05, 0.1) is 4.90 Å². The van der Waals surface area contributed by atoms with Gasteiger partial charge >= 0.3 is 0 Å². The van der Waals surface area contributed by atoms with Crippen LogP contribution in [0.5, 0.6) is 0 Å². The predicted molar refractivity (Wildman–Crippen MR) is 85.2 cm³/mol. The summed E-state index contributed by atoms with van der Waals surface area (Å²) >= 11 is 0. The second-order valence-electron chi connectivity index (χ2n) is 6.55. The highest BCUT2D eigenvalue weighted by Gasteiger charge is 2.36. The molecule has 1 aliphatic carbocycles. The Bertz CT molecular complexity index is 693. The molecule has 1 saturated carbocycles. The van der Waals surface area contributed by atoms with Gasteiger partial charge in [0.1, 0.15) is 0 Å². The Morgan fingerprint density at radius 2 is 2.09 bits per heavy atom. The van der Waals surface area contributed by atoms with Crippen molar-refractivity contribution in [3.05, 3.63) is 23.8 Å². The number of sulfonamides is 1. The minimum Gasteiger partial charge on any atom is -0.312 e. The third-order valence-electron chi connectivity index (χ3n) is 4.13. The van der Waals surface area contributed by atoms with E-state index in [0.717, 1.165) is 30.5 Å². The molecular formula is C16H22N2O3S. The van der Waals surface area contributed by atoms with Gasteiger partial charge in [0.15, 0.2) is 0 Å². The first kappa shape index (κ1) is 15.5. The Kier molecular flexibility index (Phi) is 3.99. The molecular weight excluding hydrogens is 300 g/mol. The number of nitrogens with one attached hydrogen (secondary N) is 1. The van der Waals surface area contributed by atoms with Crippen molar-refractivity contribution in [2.24, 2.45) is 11.8 Å². The number of hydrogen-bond acceptors (Lipinski definition) is 3. The molecule has 1 fully saturated rings. The van der Waals surface area contributed by atoms with E-state index in [1.54, 1.807) is 18.2 Å². The van der Waals surface area contributed by atoms with Gasteiger partial charge in [-0.15, -0.1) is 0 Å². The van der Waals surface area contributed by atoms with E-state index in [1.807, 2.05) is 18.7 Å². The molecule has 0 bridgehead atoms. The van der Waals surface area contributed by atoms with Crippen molar-refractivity contribution < 1.29 is 13.2 Å². The number of carbonyl (C=O) groups excluding carboxylic acids is 1. The van der Waals surface area contributed by atoms with Crippen LogP contribution in [0.15, 0.2) is 23.1 Å². The van der Waals surface area contributed by atoms with E-state index in [4.69, 9.17) is 0 Å². The predicted octanol–water partition coefficient (Wildman–Crippen LogP) is 1.92. The van der Waals surface area contributed by atoms with Crippen LogP contribution in [0.3, 0.4) is 0 Å². The molecule has 1 aliphatic heterocycles. The fourth-order valence-electron chi connectivity index (χ4n) is 2.68. The lowest BCUT2D eigenvalue weighted by Gasteiger charge is -2.17. The minimum atomic E-state index is -3.47. The molecule has 5 nitrogen and oxygen atoms in total. The molecule has 22 heavy (non-hydrogen) atoms. The summed E-state index contributed by atoms with van der Waals surface area (Å²) in [5.74, 6) is 0.630. The lowest BCUT2D eigenvalue weighted by atomic mass is 10.2. The van der Waals surface area contributed by atoms with Gasteiger partial charge in [-0.2, -0.15) is 0 Å². The van der Waals surface area contributed by atoms with Gasteiger partial charge < -0.3 is 4.90 Å². The molecule has 2 aliphatic rings. The summed E-state index contributed by atoms with van der Waals surface area (Å²) in [6.07, 6.45) is 2.69. The molecule has 0 saturated heterocycles. The molecule has 0 spiro atoms. The number of benzene rings is 1. The highest BCUT2D eigenvalue weighted by atomic mass is 32.2. The van der Waals surface area contributed by atoms with Crippen LogP contribution in [0.1, 0.15) is 32.3 Å². The molecule has 0 atom stereocenters. The van der Waals surface area contributed by atoms with Crippen molar-refractivity contribution in [1.82, 2.24) is 4.72 Å². The third-order valence-corrected chi connectivity index (χ3v) is 5.55. The summed E-state index contributed by atoms with van der Waals surface area (Å²) in [6.45, 7) is 5.01. The highest BCUT2D eigenvalue weighted by molar-refractivity contribution is 7.89. The van der Waals surface area contributed by atoms with Crippen molar-refractivity contribution in [2.45, 2.75) is 38.0 Å². The van der Waals surface area contributed by atoms with Gasteiger partial charge in [0.25, 0.3) is 0 Å². The largest absolute Gasteiger partial charge is 0.312 e. The first-order valence-corrected chi connectivity index (χ1v) is 9.31. The molecule has 6 heteroatoms. The monoisotopic (exact) mass is 322 g/mol. The number of amides is 1. The van der Waals surface area contributed by atoms with Crippen molar-refractivity contribution in [2.75, 3.05) is 18.0 Å². The maximum atomic E-state index is 12.3. The lowest BCUT2D eigenvalue weighted by molar-refractivity contribution is -0.119. The molecule has 3 rings (SSSR count). The maximum absolute atomic E-state index is 12.3. The van der Waals surface area contributed by atoms with Gasteiger partial charge in [-0.25, -0.2) is 13.1 Å². The second kappa shape index (κ2) is 5.66. The fraction of sp³-hybridized carbons (Fsp3) is 0.562. The van der Waals surface area contributed by atoms with Gasteiger partial charge in [0, 0.05) is 24.7 Å². The molecule has 0 aromatic heterocycles. The summed E-state index contributed by atoms with van der Waals surface area (Å²) < 4.78 is 27.2. The lowest BCUT2D eigenvalue weighted by Crippen LogP contribution is -2.30. The first-order valence-electron chi connectivity index (χ1n) is 7.82. The van der Waals surface area contributed by atoms with Crippen LogP contribution in [0.2, 0.25) is 0 Å². The molecule has 1 aromatic carbocycles.